The fourth-order valence-corrected chi connectivity index (χ4v) is 1.77. The Labute approximate surface area is 98.2 Å². The first-order chi connectivity index (χ1) is 7.72. The maximum absolute atomic E-state index is 11.6. The number of anilines is 1. The third-order valence-corrected chi connectivity index (χ3v) is 2.68. The van der Waals surface area contributed by atoms with Gasteiger partial charge in [-0.25, -0.2) is 0 Å². The van der Waals surface area contributed by atoms with Crippen LogP contribution in [0, 0.1) is 0 Å². The van der Waals surface area contributed by atoms with Crippen LogP contribution in [0.15, 0.2) is 24.3 Å². The molecule has 0 radical (unpaired) electrons. The molecule has 0 saturated heterocycles. The minimum atomic E-state index is -0.272. The molecule has 1 aliphatic heterocycles. The number of hydrogen-bond donors (Lipinski definition) is 1. The fourth-order valence-electron chi connectivity index (χ4n) is 1.71. The van der Waals surface area contributed by atoms with E-state index in [-0.39, 0.29) is 17.6 Å². The van der Waals surface area contributed by atoms with Crippen molar-refractivity contribution in [3.05, 3.63) is 29.8 Å². The van der Waals surface area contributed by atoms with Gasteiger partial charge >= 0.3 is 0 Å². The number of fused-ring (bicyclic) bond motifs is 1. The van der Waals surface area contributed by atoms with E-state index in [1.165, 1.54) is 0 Å². The number of benzene rings is 1. The summed E-state index contributed by atoms with van der Waals surface area (Å²) >= 11 is 5.42. The number of ketones is 1. The van der Waals surface area contributed by atoms with Crippen LogP contribution in [0.2, 0.25) is 0 Å². The van der Waals surface area contributed by atoms with Crippen LogP contribution in [0.1, 0.15) is 16.8 Å². The summed E-state index contributed by atoms with van der Waals surface area (Å²) in [6.07, 6.45) is 0.402. The maximum Gasteiger partial charge on any atom is 0.253 e. The largest absolute Gasteiger partial charge is 0.294 e. The number of carbonyl (C=O) groups excluding carboxylic acids is 2. The van der Waals surface area contributed by atoms with Crippen LogP contribution < -0.4 is 10.4 Å². The lowest BCUT2D eigenvalue weighted by atomic mass is 10.0. The van der Waals surface area contributed by atoms with Crippen molar-refractivity contribution < 1.29 is 9.59 Å². The van der Waals surface area contributed by atoms with Crippen molar-refractivity contribution in [3.8, 4) is 0 Å². The molecule has 0 bridgehead atoms. The number of rotatable bonds is 2. The first kappa shape index (κ1) is 11.0. The number of hydrazine groups is 1. The molecule has 0 fully saturated rings. The zero-order chi connectivity index (χ0) is 11.5. The third-order valence-electron chi connectivity index (χ3n) is 2.44. The lowest BCUT2D eigenvalue weighted by Gasteiger charge is -2.30. The van der Waals surface area contributed by atoms with Gasteiger partial charge in [0.2, 0.25) is 0 Å². The average Bonchev–Trinajstić information content (AvgIpc) is 2.33. The SMILES string of the molecule is O=C(CCl)NN1CCC(=O)c2ccccc21. The highest BCUT2D eigenvalue weighted by atomic mass is 35.5. The van der Waals surface area contributed by atoms with Gasteiger partial charge in [-0.3, -0.25) is 20.0 Å². The molecule has 1 amide bonds. The lowest BCUT2D eigenvalue weighted by Crippen LogP contribution is -2.46. The standard InChI is InChI=1S/C11H11ClN2O2/c12-7-11(16)13-14-6-5-10(15)8-3-1-2-4-9(8)14/h1-4H,5-7H2,(H,13,16). The zero-order valence-electron chi connectivity index (χ0n) is 8.57. The lowest BCUT2D eigenvalue weighted by molar-refractivity contribution is -0.118. The number of para-hydroxylation sites is 1. The molecule has 0 spiro atoms. The molecule has 1 aromatic carbocycles. The summed E-state index contributed by atoms with van der Waals surface area (Å²) in [6.45, 7) is 0.485. The second kappa shape index (κ2) is 4.53. The summed E-state index contributed by atoms with van der Waals surface area (Å²) in [6, 6.07) is 7.21. The van der Waals surface area contributed by atoms with Gasteiger partial charge in [0, 0.05) is 18.5 Å². The molecule has 0 aromatic heterocycles. The number of nitrogens with one attached hydrogen (secondary N) is 1. The first-order valence-electron chi connectivity index (χ1n) is 4.97. The number of carbonyl (C=O) groups is 2. The smallest absolute Gasteiger partial charge is 0.253 e. The monoisotopic (exact) mass is 238 g/mol. The minimum Gasteiger partial charge on any atom is -0.294 e. The molecular weight excluding hydrogens is 228 g/mol. The molecule has 5 heteroatoms. The molecule has 84 valence electrons. The second-order valence-electron chi connectivity index (χ2n) is 3.51. The van der Waals surface area contributed by atoms with E-state index in [4.69, 9.17) is 11.6 Å². The molecule has 0 unspecified atom stereocenters. The van der Waals surface area contributed by atoms with Gasteiger partial charge in [0.05, 0.1) is 5.69 Å². The van der Waals surface area contributed by atoms with E-state index in [0.29, 0.717) is 18.5 Å². The summed E-state index contributed by atoms with van der Waals surface area (Å²) in [7, 11) is 0. The van der Waals surface area contributed by atoms with Crippen molar-refractivity contribution in [2.75, 3.05) is 17.4 Å². The van der Waals surface area contributed by atoms with Crippen molar-refractivity contribution in [1.29, 1.82) is 0 Å². The van der Waals surface area contributed by atoms with Crippen molar-refractivity contribution >= 4 is 29.0 Å². The zero-order valence-corrected chi connectivity index (χ0v) is 9.33. The fraction of sp³-hybridized carbons (Fsp3) is 0.273. The first-order valence-corrected chi connectivity index (χ1v) is 5.51. The second-order valence-corrected chi connectivity index (χ2v) is 3.78. The van der Waals surface area contributed by atoms with Gasteiger partial charge in [-0.05, 0) is 12.1 Å². The highest BCUT2D eigenvalue weighted by Gasteiger charge is 2.23. The molecule has 0 saturated carbocycles. The maximum atomic E-state index is 11.6. The molecule has 16 heavy (non-hydrogen) atoms. The van der Waals surface area contributed by atoms with Gasteiger partial charge in [0.15, 0.2) is 5.78 Å². The van der Waals surface area contributed by atoms with E-state index < -0.39 is 0 Å². The third kappa shape index (κ3) is 2.02. The quantitative estimate of drug-likeness (QED) is 0.792. The molecule has 1 N–H and O–H groups in total. The Morgan fingerprint density at radius 1 is 1.44 bits per heavy atom. The molecule has 1 aromatic rings. The highest BCUT2D eigenvalue weighted by Crippen LogP contribution is 2.24. The van der Waals surface area contributed by atoms with Crippen LogP contribution in [0.25, 0.3) is 0 Å². The van der Waals surface area contributed by atoms with E-state index in [9.17, 15) is 9.59 Å². The summed E-state index contributed by atoms with van der Waals surface area (Å²) in [5.74, 6) is -0.259. The Balaban J connectivity index is 2.28. The summed E-state index contributed by atoms with van der Waals surface area (Å²) in [4.78, 5) is 22.8. The van der Waals surface area contributed by atoms with Crippen LogP contribution in [0.3, 0.4) is 0 Å². The Bertz CT molecular complexity index is 434. The number of Topliss-reactive ketones (excluding diaryl/α,β-unsaturated/α-hetero) is 1. The van der Waals surface area contributed by atoms with E-state index in [0.717, 1.165) is 5.69 Å². The molecule has 2 rings (SSSR count). The molecule has 0 atom stereocenters. The van der Waals surface area contributed by atoms with Gasteiger partial charge in [-0.2, -0.15) is 0 Å². The van der Waals surface area contributed by atoms with Crippen molar-refractivity contribution in [2.24, 2.45) is 0 Å². The number of alkyl halides is 1. The number of hydrogen-bond acceptors (Lipinski definition) is 3. The van der Waals surface area contributed by atoms with Crippen molar-refractivity contribution in [3.63, 3.8) is 0 Å². The van der Waals surface area contributed by atoms with Crippen molar-refractivity contribution in [1.82, 2.24) is 5.43 Å². The Morgan fingerprint density at radius 2 is 2.19 bits per heavy atom. The van der Waals surface area contributed by atoms with E-state index in [1.807, 2.05) is 12.1 Å². The van der Waals surface area contributed by atoms with Crippen LogP contribution >= 0.6 is 11.6 Å². The Hall–Kier alpha value is -1.55. The predicted molar refractivity (Wildman–Crippen MR) is 61.6 cm³/mol. The van der Waals surface area contributed by atoms with Gasteiger partial charge in [-0.1, -0.05) is 12.1 Å². The molecule has 0 aliphatic carbocycles. The van der Waals surface area contributed by atoms with E-state index >= 15 is 0 Å². The van der Waals surface area contributed by atoms with Crippen molar-refractivity contribution in [2.45, 2.75) is 6.42 Å². The molecule has 1 aliphatic rings. The van der Waals surface area contributed by atoms with Crippen LogP contribution in [-0.4, -0.2) is 24.1 Å². The van der Waals surface area contributed by atoms with Gasteiger partial charge in [0.25, 0.3) is 5.91 Å². The molecule has 1 heterocycles. The van der Waals surface area contributed by atoms with Crippen LogP contribution in [-0.2, 0) is 4.79 Å². The number of amides is 1. The van der Waals surface area contributed by atoms with E-state index in [1.54, 1.807) is 17.1 Å². The summed E-state index contributed by atoms with van der Waals surface area (Å²) < 4.78 is 0. The number of halogens is 1. The normalized spacial score (nSPS) is 14.6. The minimum absolute atomic E-state index is 0.0907. The van der Waals surface area contributed by atoms with Gasteiger partial charge in [0.1, 0.15) is 5.88 Å². The summed E-state index contributed by atoms with van der Waals surface area (Å²) in [5, 5.41) is 1.67. The topological polar surface area (TPSA) is 49.4 Å². The van der Waals surface area contributed by atoms with Gasteiger partial charge < -0.3 is 0 Å². The molecular formula is C11H11ClN2O2. The average molecular weight is 239 g/mol. The molecule has 4 nitrogen and oxygen atoms in total. The van der Waals surface area contributed by atoms with Crippen LogP contribution in [0.4, 0.5) is 5.69 Å². The van der Waals surface area contributed by atoms with Crippen LogP contribution in [0.5, 0.6) is 0 Å². The highest BCUT2D eigenvalue weighted by molar-refractivity contribution is 6.27. The van der Waals surface area contributed by atoms with E-state index in [2.05, 4.69) is 5.43 Å². The van der Waals surface area contributed by atoms with Gasteiger partial charge in [-0.15, -0.1) is 11.6 Å². The Morgan fingerprint density at radius 3 is 2.94 bits per heavy atom. The summed E-state index contributed by atoms with van der Waals surface area (Å²) in [5.41, 5.74) is 4.03. The Kier molecular flexibility index (Phi) is 3.10. The number of nitrogens with zero attached hydrogens (tertiary/aromatic N) is 1. The predicted octanol–water partition coefficient (Wildman–Crippen LogP) is 1.35.